The summed E-state index contributed by atoms with van der Waals surface area (Å²) in [5.74, 6) is -1.42. The number of fused-ring (bicyclic) bond motifs is 1. The summed E-state index contributed by atoms with van der Waals surface area (Å²) in [6.45, 7) is 0.323. The molecule has 2 N–H and O–H groups in total. The number of nitrogen functional groups attached to an aromatic ring is 1. The van der Waals surface area contributed by atoms with Gasteiger partial charge in [0.05, 0.1) is 18.3 Å². The van der Waals surface area contributed by atoms with Gasteiger partial charge in [-0.2, -0.15) is 0 Å². The van der Waals surface area contributed by atoms with E-state index in [0.29, 0.717) is 23.6 Å². The van der Waals surface area contributed by atoms with Gasteiger partial charge >= 0.3 is 0 Å². The highest BCUT2D eigenvalue weighted by atomic mass is 19.2. The summed E-state index contributed by atoms with van der Waals surface area (Å²) in [7, 11) is 0. The minimum absolute atomic E-state index is 0.313. The molecule has 0 saturated heterocycles. The number of hydrogen-bond donors (Lipinski definition) is 1. The molecule has 2 aromatic heterocycles. The normalized spacial score (nSPS) is 11.1. The summed E-state index contributed by atoms with van der Waals surface area (Å²) in [6, 6.07) is 5.55. The Morgan fingerprint density at radius 1 is 1.16 bits per heavy atom. The second-order valence-electron chi connectivity index (χ2n) is 4.17. The quantitative estimate of drug-likeness (QED) is 0.769. The van der Waals surface area contributed by atoms with Gasteiger partial charge < -0.3 is 10.3 Å². The number of anilines is 1. The number of nitrogens with zero attached hydrogens (tertiary/aromatic N) is 3. The summed E-state index contributed by atoms with van der Waals surface area (Å²) in [4.78, 5) is 8.12. The van der Waals surface area contributed by atoms with Crippen LogP contribution >= 0.6 is 0 Å². The van der Waals surface area contributed by atoms with Crippen molar-refractivity contribution in [3.8, 4) is 0 Å². The van der Waals surface area contributed by atoms with Gasteiger partial charge in [0.15, 0.2) is 11.6 Å². The van der Waals surface area contributed by atoms with Crippen molar-refractivity contribution in [2.45, 2.75) is 6.54 Å². The van der Waals surface area contributed by atoms with Crippen molar-refractivity contribution >= 4 is 17.0 Å². The van der Waals surface area contributed by atoms with Crippen LogP contribution in [0.3, 0.4) is 0 Å². The van der Waals surface area contributed by atoms with Gasteiger partial charge in [-0.3, -0.25) is 4.98 Å². The van der Waals surface area contributed by atoms with Gasteiger partial charge in [-0.25, -0.2) is 13.8 Å². The van der Waals surface area contributed by atoms with Crippen molar-refractivity contribution in [1.82, 2.24) is 14.5 Å². The minimum Gasteiger partial charge on any atom is -0.369 e. The number of nitrogens with two attached hydrogens (primary N) is 1. The molecule has 0 unspecified atom stereocenters. The molecule has 0 saturated carbocycles. The largest absolute Gasteiger partial charge is 0.369 e. The number of benzene rings is 1. The van der Waals surface area contributed by atoms with E-state index in [1.54, 1.807) is 23.0 Å². The van der Waals surface area contributed by atoms with Crippen LogP contribution in [-0.4, -0.2) is 14.5 Å². The molecular formula is C13H10F2N4. The highest BCUT2D eigenvalue weighted by molar-refractivity contribution is 5.77. The Balaban J connectivity index is 2.05. The van der Waals surface area contributed by atoms with Crippen LogP contribution in [0.1, 0.15) is 5.56 Å². The molecule has 0 spiro atoms. The van der Waals surface area contributed by atoms with E-state index in [1.807, 2.05) is 0 Å². The van der Waals surface area contributed by atoms with Gasteiger partial charge in [0.1, 0.15) is 5.52 Å². The van der Waals surface area contributed by atoms with Gasteiger partial charge in [0.2, 0.25) is 5.95 Å². The second-order valence-corrected chi connectivity index (χ2v) is 4.17. The van der Waals surface area contributed by atoms with E-state index in [2.05, 4.69) is 9.97 Å². The number of hydrogen-bond acceptors (Lipinski definition) is 3. The van der Waals surface area contributed by atoms with Crippen molar-refractivity contribution < 1.29 is 8.78 Å². The van der Waals surface area contributed by atoms with E-state index in [4.69, 9.17) is 5.73 Å². The van der Waals surface area contributed by atoms with Gasteiger partial charge in [0, 0.05) is 6.20 Å². The van der Waals surface area contributed by atoms with Crippen molar-refractivity contribution in [2.24, 2.45) is 0 Å². The lowest BCUT2D eigenvalue weighted by atomic mass is 10.2. The van der Waals surface area contributed by atoms with Gasteiger partial charge in [0.25, 0.3) is 0 Å². The maximum atomic E-state index is 13.2. The van der Waals surface area contributed by atoms with Crippen molar-refractivity contribution in [3.05, 3.63) is 53.9 Å². The zero-order valence-corrected chi connectivity index (χ0v) is 9.85. The molecule has 0 aliphatic carbocycles. The SMILES string of the molecule is Nc1nc2cnccc2n1Cc1ccc(F)c(F)c1. The zero-order chi connectivity index (χ0) is 13.4. The van der Waals surface area contributed by atoms with Crippen LogP contribution in [0.5, 0.6) is 0 Å². The molecule has 0 aliphatic rings. The first-order chi connectivity index (χ1) is 9.15. The van der Waals surface area contributed by atoms with E-state index < -0.39 is 11.6 Å². The number of rotatable bonds is 2. The predicted octanol–water partition coefficient (Wildman–Crippen LogP) is 2.34. The van der Waals surface area contributed by atoms with Crippen LogP contribution in [0.2, 0.25) is 0 Å². The highest BCUT2D eigenvalue weighted by Crippen LogP contribution is 2.19. The molecule has 0 atom stereocenters. The monoisotopic (exact) mass is 260 g/mol. The first kappa shape index (κ1) is 11.6. The van der Waals surface area contributed by atoms with Crippen LogP contribution < -0.4 is 5.73 Å². The average Bonchev–Trinajstić information content (AvgIpc) is 2.71. The molecule has 0 aliphatic heterocycles. The van der Waals surface area contributed by atoms with E-state index in [1.165, 1.54) is 6.07 Å². The predicted molar refractivity (Wildman–Crippen MR) is 67.4 cm³/mol. The van der Waals surface area contributed by atoms with E-state index in [0.717, 1.165) is 17.6 Å². The summed E-state index contributed by atoms with van der Waals surface area (Å²) in [5.41, 5.74) is 7.91. The molecule has 3 aromatic rings. The lowest BCUT2D eigenvalue weighted by Gasteiger charge is -2.07. The first-order valence-corrected chi connectivity index (χ1v) is 5.65. The van der Waals surface area contributed by atoms with Crippen LogP contribution in [0.15, 0.2) is 36.7 Å². The summed E-state index contributed by atoms with van der Waals surface area (Å²) < 4.78 is 27.8. The Hall–Kier alpha value is -2.50. The van der Waals surface area contributed by atoms with Crippen LogP contribution in [0.25, 0.3) is 11.0 Å². The molecule has 1 aromatic carbocycles. The smallest absolute Gasteiger partial charge is 0.201 e. The highest BCUT2D eigenvalue weighted by Gasteiger charge is 2.09. The number of pyridine rings is 1. The van der Waals surface area contributed by atoms with Crippen LogP contribution in [0.4, 0.5) is 14.7 Å². The molecule has 0 amide bonds. The Bertz CT molecular complexity index is 751. The number of halogens is 2. The number of imidazole rings is 1. The lowest BCUT2D eigenvalue weighted by molar-refractivity contribution is 0.506. The fourth-order valence-corrected chi connectivity index (χ4v) is 1.99. The molecule has 3 rings (SSSR count). The first-order valence-electron chi connectivity index (χ1n) is 5.65. The third kappa shape index (κ3) is 2.01. The molecule has 2 heterocycles. The molecule has 6 heteroatoms. The molecule has 4 nitrogen and oxygen atoms in total. The molecule has 0 radical (unpaired) electrons. The summed E-state index contributed by atoms with van der Waals surface area (Å²) in [6.07, 6.45) is 3.23. The maximum Gasteiger partial charge on any atom is 0.201 e. The summed E-state index contributed by atoms with van der Waals surface area (Å²) in [5, 5.41) is 0. The van der Waals surface area contributed by atoms with E-state index in [9.17, 15) is 8.78 Å². The Kier molecular flexibility index (Phi) is 2.63. The fourth-order valence-electron chi connectivity index (χ4n) is 1.99. The molecule has 0 fully saturated rings. The Morgan fingerprint density at radius 2 is 2.00 bits per heavy atom. The zero-order valence-electron chi connectivity index (χ0n) is 9.85. The molecule has 19 heavy (non-hydrogen) atoms. The van der Waals surface area contributed by atoms with Gasteiger partial charge in [-0.1, -0.05) is 6.07 Å². The van der Waals surface area contributed by atoms with Crippen molar-refractivity contribution in [1.29, 1.82) is 0 Å². The van der Waals surface area contributed by atoms with Crippen molar-refractivity contribution in [3.63, 3.8) is 0 Å². The second kappa shape index (κ2) is 4.31. The van der Waals surface area contributed by atoms with E-state index >= 15 is 0 Å². The molecule has 96 valence electrons. The summed E-state index contributed by atoms with van der Waals surface area (Å²) >= 11 is 0. The van der Waals surface area contributed by atoms with Gasteiger partial charge in [-0.15, -0.1) is 0 Å². The maximum absolute atomic E-state index is 13.2. The van der Waals surface area contributed by atoms with Crippen LogP contribution in [0, 0.1) is 11.6 Å². The van der Waals surface area contributed by atoms with Crippen LogP contribution in [-0.2, 0) is 6.54 Å². The van der Waals surface area contributed by atoms with Crippen molar-refractivity contribution in [2.75, 3.05) is 5.73 Å². The Labute approximate surface area is 107 Å². The topological polar surface area (TPSA) is 56.7 Å². The molecular weight excluding hydrogens is 250 g/mol. The standard InChI is InChI=1S/C13H10F2N4/c14-9-2-1-8(5-10(9)15)7-19-12-3-4-17-6-11(12)18-13(19)16/h1-6H,7H2,(H2,16,18). The minimum atomic E-state index is -0.873. The Morgan fingerprint density at radius 3 is 2.79 bits per heavy atom. The third-order valence-electron chi connectivity index (χ3n) is 2.90. The molecule has 0 bridgehead atoms. The third-order valence-corrected chi connectivity index (χ3v) is 2.90. The van der Waals surface area contributed by atoms with E-state index in [-0.39, 0.29) is 0 Å². The lowest BCUT2D eigenvalue weighted by Crippen LogP contribution is -2.05. The average molecular weight is 260 g/mol. The fraction of sp³-hybridized carbons (Fsp3) is 0.0769. The number of aromatic nitrogens is 3. The van der Waals surface area contributed by atoms with Gasteiger partial charge in [-0.05, 0) is 23.8 Å².